The molecule has 1 radical (unpaired) electrons. The van der Waals surface area contributed by atoms with E-state index in [1.54, 1.807) is 0 Å². The molecule has 0 aromatic carbocycles. The first-order valence-corrected chi connectivity index (χ1v) is 5.67. The van der Waals surface area contributed by atoms with Crippen molar-refractivity contribution in [1.29, 1.82) is 0 Å². The van der Waals surface area contributed by atoms with Crippen LogP contribution >= 0.6 is 0 Å². The second-order valence-electron chi connectivity index (χ2n) is 3.27. The molecule has 0 heteroatoms. The monoisotopic (exact) mass is 189 g/mol. The van der Waals surface area contributed by atoms with Gasteiger partial charge in [0.2, 0.25) is 0 Å². The van der Waals surface area contributed by atoms with Gasteiger partial charge in [-0.25, -0.2) is 0 Å². The van der Waals surface area contributed by atoms with Crippen LogP contribution in [0.3, 0.4) is 0 Å². The SMILES string of the molecule is CCCC#CCC[CH]C#CCCCC. The highest BCUT2D eigenvalue weighted by atomic mass is 13.8. The summed E-state index contributed by atoms with van der Waals surface area (Å²) in [7, 11) is 0. The number of hydrogen-bond donors (Lipinski definition) is 0. The van der Waals surface area contributed by atoms with Gasteiger partial charge in [0, 0.05) is 25.7 Å². The first-order chi connectivity index (χ1) is 6.91. The molecule has 0 aliphatic heterocycles. The molecule has 0 bridgehead atoms. The molecule has 0 heterocycles. The van der Waals surface area contributed by atoms with Crippen LogP contribution in [0, 0.1) is 30.1 Å². The zero-order valence-electron chi connectivity index (χ0n) is 9.53. The third-order valence-corrected chi connectivity index (χ3v) is 1.77. The van der Waals surface area contributed by atoms with Gasteiger partial charge in [-0.15, -0.1) is 17.8 Å². The van der Waals surface area contributed by atoms with Crippen molar-refractivity contribution in [2.45, 2.75) is 58.8 Å². The van der Waals surface area contributed by atoms with Gasteiger partial charge < -0.3 is 0 Å². The van der Waals surface area contributed by atoms with Crippen molar-refractivity contribution in [3.8, 4) is 23.7 Å². The Labute approximate surface area is 89.5 Å². The third kappa shape index (κ3) is 11.1. The van der Waals surface area contributed by atoms with Crippen molar-refractivity contribution in [3.63, 3.8) is 0 Å². The van der Waals surface area contributed by atoms with Gasteiger partial charge in [0.05, 0.1) is 0 Å². The first-order valence-electron chi connectivity index (χ1n) is 5.67. The summed E-state index contributed by atoms with van der Waals surface area (Å²) in [6, 6.07) is 0. The van der Waals surface area contributed by atoms with E-state index < -0.39 is 0 Å². The van der Waals surface area contributed by atoms with Crippen LogP contribution in [0.15, 0.2) is 0 Å². The van der Waals surface area contributed by atoms with E-state index in [9.17, 15) is 0 Å². The summed E-state index contributed by atoms with van der Waals surface area (Å²) in [4.78, 5) is 0. The summed E-state index contributed by atoms with van der Waals surface area (Å²) in [6.45, 7) is 4.34. The van der Waals surface area contributed by atoms with Crippen LogP contribution in [0.4, 0.5) is 0 Å². The zero-order chi connectivity index (χ0) is 10.5. The molecular formula is C14H21. The van der Waals surface area contributed by atoms with Crippen LogP contribution in [0.2, 0.25) is 0 Å². The van der Waals surface area contributed by atoms with Crippen molar-refractivity contribution in [2.75, 3.05) is 0 Å². The maximum absolute atomic E-state index is 3.14. The lowest BCUT2D eigenvalue weighted by Gasteiger charge is -1.86. The molecule has 0 N–H and O–H groups in total. The van der Waals surface area contributed by atoms with Crippen LogP contribution < -0.4 is 0 Å². The highest BCUT2D eigenvalue weighted by molar-refractivity contribution is 5.11. The number of hydrogen-bond acceptors (Lipinski definition) is 0. The molecule has 0 aliphatic rings. The second-order valence-corrected chi connectivity index (χ2v) is 3.27. The lowest BCUT2D eigenvalue weighted by molar-refractivity contribution is 0.828. The van der Waals surface area contributed by atoms with Crippen LogP contribution in [0.25, 0.3) is 0 Å². The van der Waals surface area contributed by atoms with E-state index in [-0.39, 0.29) is 0 Å². The van der Waals surface area contributed by atoms with Crippen LogP contribution in [-0.2, 0) is 0 Å². The Morgan fingerprint density at radius 3 is 2.36 bits per heavy atom. The van der Waals surface area contributed by atoms with Gasteiger partial charge in [0.25, 0.3) is 0 Å². The van der Waals surface area contributed by atoms with Gasteiger partial charge in [0.15, 0.2) is 0 Å². The van der Waals surface area contributed by atoms with Gasteiger partial charge >= 0.3 is 0 Å². The Morgan fingerprint density at radius 1 is 0.857 bits per heavy atom. The van der Waals surface area contributed by atoms with E-state index in [0.717, 1.165) is 32.1 Å². The van der Waals surface area contributed by atoms with E-state index in [2.05, 4.69) is 37.5 Å². The fourth-order valence-electron chi connectivity index (χ4n) is 0.928. The van der Waals surface area contributed by atoms with E-state index >= 15 is 0 Å². The fraction of sp³-hybridized carbons (Fsp3) is 0.643. The molecule has 0 fully saturated rings. The molecule has 0 spiro atoms. The lowest BCUT2D eigenvalue weighted by atomic mass is 10.2. The van der Waals surface area contributed by atoms with E-state index in [4.69, 9.17) is 0 Å². The van der Waals surface area contributed by atoms with Crippen LogP contribution in [0.5, 0.6) is 0 Å². The summed E-state index contributed by atoms with van der Waals surface area (Å²) in [5, 5.41) is 0. The molecule has 0 unspecified atom stereocenters. The Morgan fingerprint density at radius 2 is 1.64 bits per heavy atom. The maximum Gasteiger partial charge on any atom is 0.0349 e. The summed E-state index contributed by atoms with van der Waals surface area (Å²) in [5.41, 5.74) is 0. The zero-order valence-corrected chi connectivity index (χ0v) is 9.53. The Balaban J connectivity index is 3.20. The highest BCUT2D eigenvalue weighted by Crippen LogP contribution is 1.94. The van der Waals surface area contributed by atoms with Crippen LogP contribution in [0.1, 0.15) is 58.8 Å². The quantitative estimate of drug-likeness (QED) is 0.453. The van der Waals surface area contributed by atoms with E-state index in [1.807, 2.05) is 6.42 Å². The predicted molar refractivity (Wildman–Crippen MR) is 63.5 cm³/mol. The molecule has 0 aromatic heterocycles. The fourth-order valence-corrected chi connectivity index (χ4v) is 0.928. The summed E-state index contributed by atoms with van der Waals surface area (Å²) < 4.78 is 0. The Hall–Kier alpha value is -0.880. The maximum atomic E-state index is 3.14. The number of rotatable bonds is 5. The third-order valence-electron chi connectivity index (χ3n) is 1.77. The van der Waals surface area contributed by atoms with Gasteiger partial charge in [-0.1, -0.05) is 26.2 Å². The minimum atomic E-state index is 0.961. The van der Waals surface area contributed by atoms with E-state index in [0.29, 0.717) is 0 Å². The molecule has 0 amide bonds. The molecule has 0 atom stereocenters. The van der Waals surface area contributed by atoms with Crippen molar-refractivity contribution >= 4 is 0 Å². The van der Waals surface area contributed by atoms with Gasteiger partial charge in [-0.2, -0.15) is 0 Å². The standard InChI is InChI=1S/C14H21/c1-3-5-7-9-11-13-14-12-10-8-6-4-2/h13H,3-7,12,14H2,1-2H3. The smallest absolute Gasteiger partial charge is 0.0349 e. The Bertz CT molecular complexity index is 216. The molecule has 0 nitrogen and oxygen atoms in total. The molecule has 14 heavy (non-hydrogen) atoms. The first kappa shape index (κ1) is 13.1. The minimum absolute atomic E-state index is 0.961. The topological polar surface area (TPSA) is 0 Å². The Kier molecular flexibility index (Phi) is 11.4. The van der Waals surface area contributed by atoms with Crippen molar-refractivity contribution in [1.82, 2.24) is 0 Å². The van der Waals surface area contributed by atoms with Gasteiger partial charge in [-0.05, 0) is 19.3 Å². The second kappa shape index (κ2) is 12.1. The minimum Gasteiger partial charge on any atom is -0.103 e. The van der Waals surface area contributed by atoms with Crippen molar-refractivity contribution < 1.29 is 0 Å². The van der Waals surface area contributed by atoms with E-state index in [1.165, 1.54) is 12.8 Å². The van der Waals surface area contributed by atoms with Gasteiger partial charge in [0.1, 0.15) is 0 Å². The molecule has 0 rings (SSSR count). The normalized spacial score (nSPS) is 8.43. The molecule has 77 valence electrons. The largest absolute Gasteiger partial charge is 0.103 e. The molecule has 0 aromatic rings. The van der Waals surface area contributed by atoms with Crippen LogP contribution in [-0.4, -0.2) is 0 Å². The summed E-state index contributed by atoms with van der Waals surface area (Å²) >= 11 is 0. The average Bonchev–Trinajstić information content (AvgIpc) is 2.21. The average molecular weight is 189 g/mol. The molecule has 0 aliphatic carbocycles. The van der Waals surface area contributed by atoms with Crippen molar-refractivity contribution in [3.05, 3.63) is 6.42 Å². The predicted octanol–water partition coefficient (Wildman–Crippen LogP) is 3.97. The molecule has 0 saturated carbocycles. The van der Waals surface area contributed by atoms with Crippen molar-refractivity contribution in [2.24, 2.45) is 0 Å². The highest BCUT2D eigenvalue weighted by Gasteiger charge is 1.80. The lowest BCUT2D eigenvalue weighted by Crippen LogP contribution is -1.73. The molecular weight excluding hydrogens is 168 g/mol. The molecule has 0 saturated heterocycles. The number of unbranched alkanes of at least 4 members (excludes halogenated alkanes) is 5. The summed E-state index contributed by atoms with van der Waals surface area (Å²) in [5.74, 6) is 12.5. The summed E-state index contributed by atoms with van der Waals surface area (Å²) in [6.07, 6.45) is 9.69. The van der Waals surface area contributed by atoms with Gasteiger partial charge in [-0.3, -0.25) is 0 Å².